The molecule has 2 aromatic carbocycles. The Morgan fingerprint density at radius 1 is 0.548 bits per heavy atom. The molecule has 2 aliphatic rings. The summed E-state index contributed by atoms with van der Waals surface area (Å²) < 4.78 is 87.6. The average Bonchev–Trinajstić information content (AvgIpc) is 2.14. The Morgan fingerprint density at radius 3 is 1.44 bits per heavy atom. The molecule has 1 aromatic heterocycles. The number of pyridine rings is 1. The molecule has 0 bridgehead atoms. The van der Waals surface area contributed by atoms with Gasteiger partial charge in [0.05, 0.1) is 26.3 Å². The lowest BCUT2D eigenvalue weighted by Crippen LogP contribution is -2.63. The number of nitrogens with zero attached hydrogens (tertiary/aromatic N) is 1. The van der Waals surface area contributed by atoms with Gasteiger partial charge in [0, 0.05) is 79.6 Å². The van der Waals surface area contributed by atoms with E-state index in [0.29, 0.717) is 12.0 Å². The van der Waals surface area contributed by atoms with Crippen molar-refractivity contribution in [2.75, 3.05) is 39.4 Å². The smallest absolute Gasteiger partial charge is 0.303 e. The first-order chi connectivity index (χ1) is 39.8. The molecule has 0 aliphatic carbocycles. The third-order valence-corrected chi connectivity index (χ3v) is 12.6. The molecule has 0 spiro atoms. The number of amides is 1. The highest BCUT2D eigenvalue weighted by atomic mass is 16.8. The van der Waals surface area contributed by atoms with Crippen molar-refractivity contribution in [3.63, 3.8) is 0 Å². The van der Waals surface area contributed by atoms with E-state index < -0.39 is 134 Å². The molecule has 27 heteroatoms. The Kier molecular flexibility index (Phi) is 24.7. The van der Waals surface area contributed by atoms with Crippen LogP contribution in [0.4, 0.5) is 5.69 Å². The molecule has 3 heterocycles. The monoisotopic (exact) mass is 1180 g/mol. The van der Waals surface area contributed by atoms with Crippen LogP contribution in [0.1, 0.15) is 106 Å². The van der Waals surface area contributed by atoms with Gasteiger partial charge in [0.2, 0.25) is 42.2 Å². The summed E-state index contributed by atoms with van der Waals surface area (Å²) in [5, 5.41) is 2.98. The first-order valence-electron chi connectivity index (χ1n) is 26.8. The predicted molar refractivity (Wildman–Crippen MR) is 290 cm³/mol. The SMILES string of the molecule is CCCCCCCCOc1c(O[C@H]2O[C@H](COC(C)=O)[C@@H](OC(C)=O)[C@H](OC(C)=O)[C@@H]2OC(C)=O)c2ccc(NC(=O)/C=C/c3cc(OC)c(O[C@H]4O[C@H](COC(C)=O)[C@@H](OC(C)=O)[C@H](OC(C)=O)[C@@H]4OC(C)=O)c(OC)c3)cc2n(C)c1=O. The molecular formula is C57H72N2O25. The number of nitrogens with one attached hydrogen (secondary N) is 1. The molecule has 84 heavy (non-hydrogen) atoms. The number of hydrogen-bond donors (Lipinski definition) is 1. The Hall–Kier alpha value is -8.46. The molecule has 460 valence electrons. The van der Waals surface area contributed by atoms with Crippen LogP contribution in [-0.2, 0) is 97.6 Å². The van der Waals surface area contributed by atoms with Gasteiger partial charge in [-0.05, 0) is 48.4 Å². The van der Waals surface area contributed by atoms with Crippen LogP contribution in [0.2, 0.25) is 0 Å². The number of esters is 8. The molecule has 0 radical (unpaired) electrons. The number of ether oxygens (including phenoxy) is 15. The van der Waals surface area contributed by atoms with Gasteiger partial charge in [-0.3, -0.25) is 47.9 Å². The van der Waals surface area contributed by atoms with Crippen molar-refractivity contribution >= 4 is 76.3 Å². The molecule has 2 fully saturated rings. The van der Waals surface area contributed by atoms with Crippen LogP contribution >= 0.6 is 0 Å². The van der Waals surface area contributed by atoms with Crippen molar-refractivity contribution in [1.82, 2.24) is 4.57 Å². The Balaban J connectivity index is 1.52. The second-order valence-electron chi connectivity index (χ2n) is 19.3. The summed E-state index contributed by atoms with van der Waals surface area (Å²) >= 11 is 0. The van der Waals surface area contributed by atoms with E-state index in [1.165, 1.54) is 68.3 Å². The molecule has 1 amide bonds. The number of carbonyl (C=O) groups is 9. The fraction of sp³-hybridized carbons (Fsp3) is 0.544. The van der Waals surface area contributed by atoms with Crippen LogP contribution in [0, 0.1) is 0 Å². The van der Waals surface area contributed by atoms with Crippen LogP contribution in [-0.4, -0.2) is 154 Å². The van der Waals surface area contributed by atoms with Crippen LogP contribution in [0.15, 0.2) is 41.2 Å². The maximum Gasteiger partial charge on any atom is 0.303 e. The summed E-state index contributed by atoms with van der Waals surface area (Å²) in [5.41, 5.74) is 0.0130. The lowest BCUT2D eigenvalue weighted by atomic mass is 9.98. The van der Waals surface area contributed by atoms with Crippen LogP contribution in [0.5, 0.6) is 28.7 Å². The van der Waals surface area contributed by atoms with Crippen LogP contribution < -0.4 is 34.6 Å². The minimum absolute atomic E-state index is 0.00474. The molecule has 1 N–H and O–H groups in total. The number of benzene rings is 2. The number of carbonyl (C=O) groups excluding carboxylic acids is 9. The fourth-order valence-electron chi connectivity index (χ4n) is 9.13. The molecule has 27 nitrogen and oxygen atoms in total. The number of aromatic nitrogens is 1. The summed E-state index contributed by atoms with van der Waals surface area (Å²) in [4.78, 5) is 127. The van der Waals surface area contributed by atoms with Crippen molar-refractivity contribution in [3.05, 3.63) is 52.3 Å². The van der Waals surface area contributed by atoms with Gasteiger partial charge in [-0.2, -0.15) is 0 Å². The first-order valence-corrected chi connectivity index (χ1v) is 26.8. The van der Waals surface area contributed by atoms with Crippen LogP contribution in [0.25, 0.3) is 17.0 Å². The zero-order valence-electron chi connectivity index (χ0n) is 48.8. The second kappa shape index (κ2) is 31.3. The molecule has 0 saturated carbocycles. The first kappa shape index (κ1) is 66.3. The number of fused-ring (bicyclic) bond motifs is 1. The molecule has 2 saturated heterocycles. The van der Waals surface area contributed by atoms with Crippen molar-refractivity contribution in [1.29, 1.82) is 0 Å². The number of anilines is 1. The maximum atomic E-state index is 14.4. The van der Waals surface area contributed by atoms with E-state index in [4.69, 9.17) is 71.1 Å². The molecule has 5 rings (SSSR count). The van der Waals surface area contributed by atoms with Crippen LogP contribution in [0.3, 0.4) is 0 Å². The van der Waals surface area contributed by atoms with Gasteiger partial charge in [0.1, 0.15) is 25.4 Å². The Labute approximate surface area is 483 Å². The predicted octanol–water partition coefficient (Wildman–Crippen LogP) is 4.87. The highest BCUT2D eigenvalue weighted by Gasteiger charge is 2.55. The summed E-state index contributed by atoms with van der Waals surface area (Å²) in [5.74, 6) is -7.87. The zero-order chi connectivity index (χ0) is 61.9. The standard InChI is InChI=1S/C57H72N2O25/c1-13-14-15-16-17-18-23-72-52-46(83-56-53(79-35(8)66)50(77-33(6)64)48(75-31(4)62)43(81-56)27-73-29(2)60)39-21-20-38(26-40(39)59(10)55(52)69)58-45(68)22-19-37-24-41(70-11)47(42(25-37)71-12)84-57-54(80-36(9)67)51(78-34(7)65)49(76-32(5)63)44(82-57)28-74-30(3)61/h19-22,24-26,43-44,48-51,53-54,56-57H,13-18,23,27-28H2,1-12H3,(H,58,68)/b22-19+/t43-,44-,48-,49-,50+,51+,53+,54+,56-,57-/m1/s1. The van der Waals surface area contributed by atoms with Crippen molar-refractivity contribution in [2.45, 2.75) is 162 Å². The summed E-state index contributed by atoms with van der Waals surface area (Å²) in [7, 11) is 4.07. The van der Waals surface area contributed by atoms with Gasteiger partial charge in [-0.25, -0.2) is 0 Å². The van der Waals surface area contributed by atoms with Gasteiger partial charge in [0.25, 0.3) is 5.56 Å². The van der Waals surface area contributed by atoms with E-state index in [1.807, 2.05) is 0 Å². The van der Waals surface area contributed by atoms with E-state index in [2.05, 4.69) is 12.2 Å². The highest BCUT2D eigenvalue weighted by Crippen LogP contribution is 2.43. The summed E-state index contributed by atoms with van der Waals surface area (Å²) in [6.07, 6.45) is -7.46. The lowest BCUT2D eigenvalue weighted by molar-refractivity contribution is -0.288. The average molecular weight is 1190 g/mol. The Bertz CT molecular complexity index is 2950. The molecular weight excluding hydrogens is 1110 g/mol. The zero-order valence-corrected chi connectivity index (χ0v) is 48.8. The fourth-order valence-corrected chi connectivity index (χ4v) is 9.13. The minimum atomic E-state index is -1.75. The van der Waals surface area contributed by atoms with E-state index in [-0.39, 0.29) is 51.9 Å². The van der Waals surface area contributed by atoms with E-state index >= 15 is 0 Å². The number of rotatable bonds is 27. The third-order valence-electron chi connectivity index (χ3n) is 12.6. The summed E-state index contributed by atoms with van der Waals surface area (Å²) in [6.45, 7) is 9.83. The third kappa shape index (κ3) is 18.5. The molecule has 3 aromatic rings. The van der Waals surface area contributed by atoms with E-state index in [1.54, 1.807) is 0 Å². The number of hydrogen-bond acceptors (Lipinski definition) is 25. The molecule has 2 aliphatic heterocycles. The second-order valence-corrected chi connectivity index (χ2v) is 19.3. The summed E-state index contributed by atoms with van der Waals surface area (Å²) in [6, 6.07) is 7.41. The topological polar surface area (TPSA) is 326 Å². The molecule has 10 atom stereocenters. The number of methoxy groups -OCH3 is 2. The minimum Gasteiger partial charge on any atom is -0.493 e. The van der Waals surface area contributed by atoms with Gasteiger partial charge in [-0.1, -0.05) is 39.0 Å². The quantitative estimate of drug-likeness (QED) is 0.0460. The largest absolute Gasteiger partial charge is 0.493 e. The van der Waals surface area contributed by atoms with E-state index in [0.717, 1.165) is 87.5 Å². The van der Waals surface area contributed by atoms with Gasteiger partial charge in [0.15, 0.2) is 41.7 Å². The van der Waals surface area contributed by atoms with Gasteiger partial charge in [-0.15, -0.1) is 0 Å². The number of unbranched alkanes of at least 4 members (excludes halogenated alkanes) is 5. The molecule has 0 unspecified atom stereocenters. The highest BCUT2D eigenvalue weighted by molar-refractivity contribution is 6.03. The van der Waals surface area contributed by atoms with Crippen molar-refractivity contribution in [2.24, 2.45) is 7.05 Å². The van der Waals surface area contributed by atoms with Crippen molar-refractivity contribution in [3.8, 4) is 28.7 Å². The number of aryl methyl sites for hydroxylation is 1. The normalized spacial score (nSPS) is 21.9. The van der Waals surface area contributed by atoms with Crippen molar-refractivity contribution < 1.29 is 114 Å². The van der Waals surface area contributed by atoms with E-state index in [9.17, 15) is 47.9 Å². The maximum absolute atomic E-state index is 14.4. The van der Waals surface area contributed by atoms with Gasteiger partial charge < -0.3 is 80.9 Å². The Morgan fingerprint density at radius 2 is 0.988 bits per heavy atom. The lowest BCUT2D eigenvalue weighted by Gasteiger charge is -2.44. The van der Waals surface area contributed by atoms with Gasteiger partial charge >= 0.3 is 47.8 Å².